The molecular formula is C21H30F3N3O2. The minimum Gasteiger partial charge on any atom is -0.381 e. The lowest BCUT2D eigenvalue weighted by atomic mass is 9.97. The van der Waals surface area contributed by atoms with E-state index < -0.39 is 11.7 Å². The highest BCUT2D eigenvalue weighted by Crippen LogP contribution is 2.31. The molecule has 2 aliphatic rings. The summed E-state index contributed by atoms with van der Waals surface area (Å²) < 4.78 is 44.3. The minimum absolute atomic E-state index is 0.00694. The molecule has 3 rings (SSSR count). The molecule has 1 N–H and O–H groups in total. The molecule has 1 amide bonds. The number of amides is 1. The van der Waals surface area contributed by atoms with Gasteiger partial charge in [-0.05, 0) is 43.4 Å². The van der Waals surface area contributed by atoms with Crippen molar-refractivity contribution in [3.8, 4) is 0 Å². The fraction of sp³-hybridized carbons (Fsp3) is 0.714. The minimum atomic E-state index is -4.42. The summed E-state index contributed by atoms with van der Waals surface area (Å²) in [5, 5.41) is 3.56. The number of carbonyl (C=O) groups excluding carboxylic acids is 1. The Balaban J connectivity index is 1.47. The third kappa shape index (κ3) is 5.69. The summed E-state index contributed by atoms with van der Waals surface area (Å²) in [5.74, 6) is 0.350. The Morgan fingerprint density at radius 1 is 1.45 bits per heavy atom. The van der Waals surface area contributed by atoms with E-state index in [1.165, 1.54) is 0 Å². The lowest BCUT2D eigenvalue weighted by molar-refractivity contribution is -0.137. The highest BCUT2D eigenvalue weighted by atomic mass is 19.4. The third-order valence-electron chi connectivity index (χ3n) is 5.96. The molecule has 5 nitrogen and oxygen atoms in total. The van der Waals surface area contributed by atoms with Crippen LogP contribution in [0.15, 0.2) is 12.3 Å². The highest BCUT2D eigenvalue weighted by Gasteiger charge is 2.33. The van der Waals surface area contributed by atoms with Crippen LogP contribution in [-0.4, -0.2) is 48.1 Å². The molecule has 1 aromatic rings. The van der Waals surface area contributed by atoms with E-state index in [0.717, 1.165) is 51.3 Å². The zero-order valence-corrected chi connectivity index (χ0v) is 17.1. The first-order valence-corrected chi connectivity index (χ1v) is 10.4. The number of rotatable bonds is 6. The van der Waals surface area contributed by atoms with Gasteiger partial charge in [-0.1, -0.05) is 13.8 Å². The second kappa shape index (κ2) is 9.43. The summed E-state index contributed by atoms with van der Waals surface area (Å²) in [6.45, 7) is 7.22. The Bertz CT molecular complexity index is 711. The number of carbonyl (C=O) groups is 1. The van der Waals surface area contributed by atoms with Gasteiger partial charge in [0.05, 0.1) is 12.2 Å². The van der Waals surface area contributed by atoms with Crippen molar-refractivity contribution in [1.82, 2.24) is 15.2 Å². The molecule has 0 unspecified atom stereocenters. The number of ether oxygens (including phenoxy) is 1. The Morgan fingerprint density at radius 3 is 2.97 bits per heavy atom. The van der Waals surface area contributed by atoms with Gasteiger partial charge in [0.1, 0.15) is 0 Å². The molecule has 0 aromatic carbocycles. The van der Waals surface area contributed by atoms with Gasteiger partial charge in [0.2, 0.25) is 5.91 Å². The molecule has 0 aliphatic carbocycles. The molecule has 0 bridgehead atoms. The van der Waals surface area contributed by atoms with E-state index in [9.17, 15) is 18.0 Å². The van der Waals surface area contributed by atoms with E-state index >= 15 is 0 Å². The van der Waals surface area contributed by atoms with E-state index in [0.29, 0.717) is 36.2 Å². The first-order chi connectivity index (χ1) is 13.8. The van der Waals surface area contributed by atoms with Crippen molar-refractivity contribution in [2.24, 2.45) is 11.8 Å². The van der Waals surface area contributed by atoms with Crippen LogP contribution in [0.2, 0.25) is 0 Å². The number of alkyl halides is 3. The topological polar surface area (TPSA) is 54.5 Å². The Morgan fingerprint density at radius 2 is 2.24 bits per heavy atom. The Hall–Kier alpha value is -1.67. The van der Waals surface area contributed by atoms with Gasteiger partial charge in [-0.2, -0.15) is 13.2 Å². The first kappa shape index (κ1) is 22.0. The molecule has 3 atom stereocenters. The van der Waals surface area contributed by atoms with Crippen LogP contribution in [0.4, 0.5) is 13.2 Å². The van der Waals surface area contributed by atoms with Gasteiger partial charge in [0, 0.05) is 50.0 Å². The summed E-state index contributed by atoms with van der Waals surface area (Å²) in [6, 6.07) is 1.59. The van der Waals surface area contributed by atoms with E-state index in [-0.39, 0.29) is 18.4 Å². The van der Waals surface area contributed by atoms with Crippen molar-refractivity contribution in [2.45, 2.75) is 58.3 Å². The second-order valence-corrected chi connectivity index (χ2v) is 8.28. The summed E-state index contributed by atoms with van der Waals surface area (Å²) in [6.07, 6.45) is -0.386. The van der Waals surface area contributed by atoms with E-state index in [4.69, 9.17) is 4.74 Å². The predicted octanol–water partition coefficient (Wildman–Crippen LogP) is 3.42. The van der Waals surface area contributed by atoms with E-state index in [2.05, 4.69) is 17.2 Å². The lowest BCUT2D eigenvalue weighted by Crippen LogP contribution is -2.42. The Labute approximate surface area is 170 Å². The van der Waals surface area contributed by atoms with Crippen LogP contribution in [0.1, 0.15) is 49.9 Å². The quantitative estimate of drug-likeness (QED) is 0.727. The largest absolute Gasteiger partial charge is 0.417 e. The number of aromatic nitrogens is 1. The monoisotopic (exact) mass is 413 g/mol. The maximum atomic E-state index is 12.9. The smallest absolute Gasteiger partial charge is 0.381 e. The molecule has 3 heterocycles. The molecule has 29 heavy (non-hydrogen) atoms. The summed E-state index contributed by atoms with van der Waals surface area (Å²) in [4.78, 5) is 18.4. The average molecular weight is 413 g/mol. The molecule has 0 spiro atoms. The van der Waals surface area contributed by atoms with Crippen molar-refractivity contribution in [1.29, 1.82) is 0 Å². The molecule has 162 valence electrons. The van der Waals surface area contributed by atoms with Crippen molar-refractivity contribution >= 4 is 5.91 Å². The number of hydrogen-bond acceptors (Lipinski definition) is 4. The normalized spacial score (nSPS) is 23.6. The van der Waals surface area contributed by atoms with Gasteiger partial charge in [0.25, 0.3) is 0 Å². The van der Waals surface area contributed by atoms with Crippen LogP contribution < -0.4 is 5.32 Å². The van der Waals surface area contributed by atoms with Crippen LogP contribution in [0.5, 0.6) is 0 Å². The summed E-state index contributed by atoms with van der Waals surface area (Å²) >= 11 is 0. The number of nitrogens with one attached hydrogen (secondary N) is 1. The molecule has 2 aliphatic heterocycles. The van der Waals surface area contributed by atoms with Crippen LogP contribution in [0, 0.1) is 11.8 Å². The zero-order chi connectivity index (χ0) is 21.0. The standard InChI is InChI=1S/C21H30F3N3O2/c1-14(4-3-7-25-18-6-9-29-13-15(18)2)20(28)27-8-5-19-16(12-27)10-17(11-26-19)21(22,23)24/h10-11,14-15,18,25H,3-9,12-13H2,1-2H3/t14-,15+,18+/m1/s1. The van der Waals surface area contributed by atoms with Crippen molar-refractivity contribution in [2.75, 3.05) is 26.3 Å². The molecule has 8 heteroatoms. The summed E-state index contributed by atoms with van der Waals surface area (Å²) in [5.41, 5.74) is 0.401. The molecule has 1 saturated heterocycles. The summed E-state index contributed by atoms with van der Waals surface area (Å²) in [7, 11) is 0. The fourth-order valence-electron chi connectivity index (χ4n) is 4.08. The molecular weight excluding hydrogens is 383 g/mol. The second-order valence-electron chi connectivity index (χ2n) is 8.28. The number of fused-ring (bicyclic) bond motifs is 1. The Kier molecular flexibility index (Phi) is 7.16. The third-order valence-corrected chi connectivity index (χ3v) is 5.96. The number of nitrogens with zero attached hydrogens (tertiary/aromatic N) is 2. The van der Waals surface area contributed by atoms with Crippen LogP contribution in [0.3, 0.4) is 0 Å². The van der Waals surface area contributed by atoms with Gasteiger partial charge in [0.15, 0.2) is 0 Å². The lowest BCUT2D eigenvalue weighted by Gasteiger charge is -2.31. The maximum absolute atomic E-state index is 12.9. The molecule has 1 aromatic heterocycles. The highest BCUT2D eigenvalue weighted by molar-refractivity contribution is 5.78. The van der Waals surface area contributed by atoms with Gasteiger partial charge in [-0.25, -0.2) is 0 Å². The first-order valence-electron chi connectivity index (χ1n) is 10.4. The molecule has 0 radical (unpaired) electrons. The maximum Gasteiger partial charge on any atom is 0.417 e. The zero-order valence-electron chi connectivity index (χ0n) is 17.1. The van der Waals surface area contributed by atoms with Crippen LogP contribution >= 0.6 is 0 Å². The van der Waals surface area contributed by atoms with Gasteiger partial charge in [-0.3, -0.25) is 9.78 Å². The van der Waals surface area contributed by atoms with Gasteiger partial charge < -0.3 is 15.0 Å². The number of pyridine rings is 1. The van der Waals surface area contributed by atoms with Crippen molar-refractivity contribution < 1.29 is 22.7 Å². The predicted molar refractivity (Wildman–Crippen MR) is 103 cm³/mol. The van der Waals surface area contributed by atoms with Crippen LogP contribution in [0.25, 0.3) is 0 Å². The van der Waals surface area contributed by atoms with Crippen LogP contribution in [-0.2, 0) is 28.7 Å². The van der Waals surface area contributed by atoms with E-state index in [1.807, 2.05) is 6.92 Å². The number of halogens is 3. The SMILES string of the molecule is C[C@H](CCCN[C@H]1CCOC[C@@H]1C)C(=O)N1CCc2ncc(C(F)(F)F)cc2C1. The van der Waals surface area contributed by atoms with Crippen molar-refractivity contribution in [3.05, 3.63) is 29.1 Å². The molecule has 1 fully saturated rings. The van der Waals surface area contributed by atoms with Crippen molar-refractivity contribution in [3.63, 3.8) is 0 Å². The fourth-order valence-corrected chi connectivity index (χ4v) is 4.08. The van der Waals surface area contributed by atoms with Gasteiger partial charge in [-0.15, -0.1) is 0 Å². The average Bonchev–Trinajstić information content (AvgIpc) is 2.70. The van der Waals surface area contributed by atoms with Gasteiger partial charge >= 0.3 is 6.18 Å². The number of hydrogen-bond donors (Lipinski definition) is 1. The molecule has 0 saturated carbocycles. The van der Waals surface area contributed by atoms with E-state index in [1.54, 1.807) is 4.90 Å².